The molecule has 1 unspecified atom stereocenters. The number of rotatable bonds is 13. The molecule has 0 aromatic carbocycles. The topological polar surface area (TPSA) is 32.7 Å². The van der Waals surface area contributed by atoms with E-state index in [9.17, 15) is 5.11 Å². The van der Waals surface area contributed by atoms with Gasteiger partial charge in [-0.05, 0) is 71.5 Å². The summed E-state index contributed by atoms with van der Waals surface area (Å²) in [5, 5.41) is 9.78. The molecule has 3 nitrogen and oxygen atoms in total. The minimum Gasteiger partial charge on any atom is -0.368 e. The Kier molecular flexibility index (Phi) is 10.9. The Bertz CT molecular complexity index is 326. The quantitative estimate of drug-likeness (QED) is 0.147. The monoisotopic (exact) mass is 447 g/mol. The maximum Gasteiger partial charge on any atom is 0.154 e. The van der Waals surface area contributed by atoms with E-state index in [0.29, 0.717) is 6.61 Å². The molecule has 0 saturated heterocycles. The Hall–Kier alpha value is 0.700. The standard InChI is InChI=1S/C17H38INO2S/c1-16(22(4,5,6)15-18)11-8-7-9-12-17(20)21-14-10-13-19(2)3/h17,20,22H,1,7-15H2,2-6H3. The van der Waals surface area contributed by atoms with Crippen LogP contribution in [0.15, 0.2) is 11.5 Å². The lowest BCUT2D eigenvalue weighted by atomic mass is 10.1. The number of nitrogens with zero attached hydrogens (tertiary/aromatic N) is 1. The number of unbranched alkanes of at least 4 members (excludes halogenated alkanes) is 2. The van der Waals surface area contributed by atoms with E-state index in [1.807, 2.05) is 14.1 Å². The molecule has 0 amide bonds. The van der Waals surface area contributed by atoms with Crippen LogP contribution in [-0.4, -0.2) is 66.1 Å². The summed E-state index contributed by atoms with van der Waals surface area (Å²) in [6, 6.07) is 0. The van der Waals surface area contributed by atoms with Gasteiger partial charge < -0.3 is 14.7 Å². The molecule has 1 atom stereocenters. The average Bonchev–Trinajstić information content (AvgIpc) is 2.42. The summed E-state index contributed by atoms with van der Waals surface area (Å²) in [4.78, 5) is 3.59. The van der Waals surface area contributed by atoms with Crippen molar-refractivity contribution in [2.75, 3.05) is 49.8 Å². The predicted octanol–water partition coefficient (Wildman–Crippen LogP) is 4.09. The van der Waals surface area contributed by atoms with Gasteiger partial charge >= 0.3 is 0 Å². The van der Waals surface area contributed by atoms with E-state index in [1.165, 1.54) is 15.1 Å². The number of aliphatic hydroxyl groups is 1. The van der Waals surface area contributed by atoms with Crippen molar-refractivity contribution in [1.29, 1.82) is 0 Å². The van der Waals surface area contributed by atoms with E-state index in [0.717, 1.165) is 38.6 Å². The van der Waals surface area contributed by atoms with Gasteiger partial charge in [0.1, 0.15) is 0 Å². The van der Waals surface area contributed by atoms with Crippen LogP contribution >= 0.6 is 31.8 Å². The van der Waals surface area contributed by atoms with Crippen molar-refractivity contribution in [3.63, 3.8) is 0 Å². The summed E-state index contributed by atoms with van der Waals surface area (Å²) in [6.07, 6.45) is 12.8. The largest absolute Gasteiger partial charge is 0.368 e. The first-order valence-corrected chi connectivity index (χ1v) is 13.5. The second-order valence-corrected chi connectivity index (χ2v) is 17.0. The maximum absolute atomic E-state index is 9.78. The molecule has 0 aliphatic carbocycles. The molecule has 1 N–H and O–H groups in total. The molecule has 22 heavy (non-hydrogen) atoms. The Morgan fingerprint density at radius 3 is 2.36 bits per heavy atom. The van der Waals surface area contributed by atoms with Gasteiger partial charge in [-0.2, -0.15) is 0 Å². The highest BCUT2D eigenvalue weighted by Gasteiger charge is 2.26. The maximum atomic E-state index is 9.78. The van der Waals surface area contributed by atoms with E-state index in [-0.39, 0.29) is 0 Å². The van der Waals surface area contributed by atoms with E-state index in [4.69, 9.17) is 4.74 Å². The van der Waals surface area contributed by atoms with Crippen LogP contribution in [0, 0.1) is 0 Å². The molecule has 0 radical (unpaired) electrons. The molecule has 0 saturated carbocycles. The van der Waals surface area contributed by atoms with Crippen molar-refractivity contribution in [2.24, 2.45) is 0 Å². The first-order valence-electron chi connectivity index (χ1n) is 8.26. The van der Waals surface area contributed by atoms with Gasteiger partial charge in [-0.15, -0.1) is 0 Å². The number of allylic oxidation sites excluding steroid dienone is 1. The minimum atomic E-state index is -1.65. The number of hydrogen-bond donors (Lipinski definition) is 2. The smallest absolute Gasteiger partial charge is 0.154 e. The van der Waals surface area contributed by atoms with Crippen LogP contribution in [0.3, 0.4) is 0 Å². The zero-order valence-corrected chi connectivity index (χ0v) is 18.3. The summed E-state index contributed by atoms with van der Waals surface area (Å²) in [5.74, 6) is 0. The van der Waals surface area contributed by atoms with Gasteiger partial charge in [-0.25, -0.2) is 0 Å². The molecule has 5 heteroatoms. The summed E-state index contributed by atoms with van der Waals surface area (Å²) >= 11 is 2.50. The van der Waals surface area contributed by atoms with Crippen LogP contribution in [0.2, 0.25) is 0 Å². The van der Waals surface area contributed by atoms with E-state index >= 15 is 0 Å². The summed E-state index contributed by atoms with van der Waals surface area (Å²) in [6.45, 7) is 5.98. The van der Waals surface area contributed by atoms with E-state index in [2.05, 4.69) is 52.8 Å². The highest BCUT2D eigenvalue weighted by Crippen LogP contribution is 2.68. The second kappa shape index (κ2) is 10.5. The Morgan fingerprint density at radius 2 is 1.82 bits per heavy atom. The van der Waals surface area contributed by atoms with Crippen molar-refractivity contribution in [3.8, 4) is 0 Å². The summed E-state index contributed by atoms with van der Waals surface area (Å²) in [5.41, 5.74) is 0. The summed E-state index contributed by atoms with van der Waals surface area (Å²) < 4.78 is 6.63. The highest BCUT2D eigenvalue weighted by atomic mass is 127. The van der Waals surface area contributed by atoms with E-state index in [1.54, 1.807) is 0 Å². The van der Waals surface area contributed by atoms with Crippen LogP contribution in [0.25, 0.3) is 0 Å². The molecule has 0 aromatic heterocycles. The number of alkyl halides is 1. The van der Waals surface area contributed by atoms with Crippen LogP contribution in [0.1, 0.15) is 38.5 Å². The van der Waals surface area contributed by atoms with Crippen LogP contribution in [0.4, 0.5) is 0 Å². The summed E-state index contributed by atoms with van der Waals surface area (Å²) in [7, 11) is 2.45. The third kappa shape index (κ3) is 10.5. The van der Waals surface area contributed by atoms with Crippen molar-refractivity contribution in [1.82, 2.24) is 4.90 Å². The minimum absolute atomic E-state index is 0.595. The third-order valence-electron chi connectivity index (χ3n) is 4.07. The van der Waals surface area contributed by atoms with Crippen LogP contribution < -0.4 is 0 Å². The lowest BCUT2D eigenvalue weighted by Gasteiger charge is -2.52. The normalized spacial score (nSPS) is 15.5. The Balaban J connectivity index is 3.67. The van der Waals surface area contributed by atoms with Gasteiger partial charge in [0.05, 0.1) is 6.61 Å². The molecule has 0 rings (SSSR count). The fourth-order valence-electron chi connectivity index (χ4n) is 2.01. The first-order chi connectivity index (χ1) is 10.1. The van der Waals surface area contributed by atoms with Gasteiger partial charge in [0.25, 0.3) is 0 Å². The second-order valence-electron chi connectivity index (χ2n) is 7.89. The molecule has 0 bridgehead atoms. The number of thiol groups is 1. The van der Waals surface area contributed by atoms with Crippen molar-refractivity contribution >= 4 is 31.8 Å². The van der Waals surface area contributed by atoms with Gasteiger partial charge in [-0.3, -0.25) is 9.16 Å². The molecular formula is C17H38INO2S. The molecule has 0 spiro atoms. The van der Waals surface area contributed by atoms with Crippen LogP contribution in [-0.2, 0) is 4.74 Å². The molecular weight excluding hydrogens is 409 g/mol. The number of halogens is 1. The van der Waals surface area contributed by atoms with Gasteiger partial charge in [0, 0.05) is 3.76 Å². The first kappa shape index (κ1) is 22.7. The zero-order chi connectivity index (χ0) is 17.3. The fraction of sp³-hybridized carbons (Fsp3) is 0.882. The Morgan fingerprint density at radius 1 is 1.18 bits per heavy atom. The molecule has 136 valence electrons. The molecule has 0 heterocycles. The lowest BCUT2D eigenvalue weighted by molar-refractivity contribution is -0.105. The number of hydrogen-bond acceptors (Lipinski definition) is 3. The molecule has 0 fully saturated rings. The van der Waals surface area contributed by atoms with E-state index < -0.39 is 15.5 Å². The lowest BCUT2D eigenvalue weighted by Crippen LogP contribution is -2.18. The SMILES string of the molecule is C=C(CCCCCC(O)OCCCN(C)C)[SH](C)(C)(C)CI. The van der Waals surface area contributed by atoms with Crippen molar-refractivity contribution in [2.45, 2.75) is 44.8 Å². The average molecular weight is 447 g/mol. The van der Waals surface area contributed by atoms with Crippen molar-refractivity contribution < 1.29 is 9.84 Å². The zero-order valence-electron chi connectivity index (χ0n) is 15.3. The van der Waals surface area contributed by atoms with Gasteiger partial charge in [0.15, 0.2) is 6.29 Å². The third-order valence-corrected chi connectivity index (χ3v) is 14.6. The van der Waals surface area contributed by atoms with Gasteiger partial charge in [-0.1, -0.05) is 40.5 Å². The highest BCUT2D eigenvalue weighted by molar-refractivity contribution is 14.1. The number of ether oxygens (including phenoxy) is 1. The Labute approximate surface area is 152 Å². The molecule has 0 aliphatic heterocycles. The molecule has 0 aliphatic rings. The van der Waals surface area contributed by atoms with Crippen molar-refractivity contribution in [3.05, 3.63) is 11.5 Å². The molecule has 0 aromatic rings. The predicted molar refractivity (Wildman–Crippen MR) is 113 cm³/mol. The number of aliphatic hydroxyl groups excluding tert-OH is 1. The van der Waals surface area contributed by atoms with Gasteiger partial charge in [0.2, 0.25) is 0 Å². The van der Waals surface area contributed by atoms with Crippen LogP contribution in [0.5, 0.6) is 0 Å². The fourth-order valence-corrected chi connectivity index (χ4v) is 4.61.